The zero-order valence-electron chi connectivity index (χ0n) is 11.6. The quantitative estimate of drug-likeness (QED) is 0.885. The van der Waals surface area contributed by atoms with Crippen molar-refractivity contribution in [3.8, 4) is 0 Å². The lowest BCUT2D eigenvalue weighted by molar-refractivity contribution is -0.141. The van der Waals surface area contributed by atoms with Crippen molar-refractivity contribution >= 4 is 22.6 Å². The molecule has 0 spiro atoms. The van der Waals surface area contributed by atoms with E-state index in [-0.39, 0.29) is 11.8 Å². The molecule has 3 rings (SSSR count). The summed E-state index contributed by atoms with van der Waals surface area (Å²) in [5.74, 6) is -1.11. The summed E-state index contributed by atoms with van der Waals surface area (Å²) in [6.45, 7) is 0. The number of amides is 1. The van der Waals surface area contributed by atoms with E-state index in [1.165, 1.54) is 0 Å². The van der Waals surface area contributed by atoms with Crippen LogP contribution < -0.4 is 5.32 Å². The van der Waals surface area contributed by atoms with Crippen LogP contribution in [-0.2, 0) is 16.0 Å². The molecule has 0 aromatic heterocycles. The zero-order chi connectivity index (χ0) is 14.8. The minimum Gasteiger partial charge on any atom is -0.480 e. The lowest BCUT2D eigenvalue weighted by Crippen LogP contribution is -2.43. The van der Waals surface area contributed by atoms with Crippen LogP contribution in [0.5, 0.6) is 0 Å². The average Bonchev–Trinajstić information content (AvgIpc) is 3.31. The summed E-state index contributed by atoms with van der Waals surface area (Å²) in [6, 6.07) is 12.8. The largest absolute Gasteiger partial charge is 0.480 e. The molecule has 0 heterocycles. The second-order valence-electron chi connectivity index (χ2n) is 5.52. The number of carbonyl (C=O) groups excluding carboxylic acids is 1. The second kappa shape index (κ2) is 5.56. The number of hydrogen-bond donors (Lipinski definition) is 2. The van der Waals surface area contributed by atoms with Crippen molar-refractivity contribution in [2.75, 3.05) is 0 Å². The molecule has 0 saturated heterocycles. The van der Waals surface area contributed by atoms with Gasteiger partial charge in [0.05, 0.1) is 0 Å². The number of fused-ring (bicyclic) bond motifs is 1. The van der Waals surface area contributed by atoms with Crippen LogP contribution in [-0.4, -0.2) is 23.0 Å². The number of hydrogen-bond acceptors (Lipinski definition) is 2. The molecule has 2 aromatic rings. The third kappa shape index (κ3) is 3.05. The minimum atomic E-state index is -0.989. The Bertz CT molecular complexity index is 686. The predicted octanol–water partition coefficient (Wildman–Crippen LogP) is 2.36. The molecule has 0 radical (unpaired) electrons. The monoisotopic (exact) mass is 283 g/mol. The molecule has 1 aliphatic rings. The number of carboxylic acids is 1. The molecule has 0 bridgehead atoms. The fourth-order valence-corrected chi connectivity index (χ4v) is 2.53. The molecule has 1 aliphatic carbocycles. The summed E-state index contributed by atoms with van der Waals surface area (Å²) < 4.78 is 0. The van der Waals surface area contributed by atoms with Crippen LogP contribution in [0.3, 0.4) is 0 Å². The van der Waals surface area contributed by atoms with E-state index in [2.05, 4.69) is 5.32 Å². The lowest BCUT2D eigenvalue weighted by atomic mass is 9.98. The zero-order valence-corrected chi connectivity index (χ0v) is 11.6. The Labute approximate surface area is 122 Å². The molecule has 1 amide bonds. The Morgan fingerprint density at radius 3 is 2.57 bits per heavy atom. The first-order valence-corrected chi connectivity index (χ1v) is 7.15. The normalized spacial score (nSPS) is 15.6. The van der Waals surface area contributed by atoms with Crippen LogP contribution in [0.1, 0.15) is 18.4 Å². The van der Waals surface area contributed by atoms with Gasteiger partial charge in [-0.3, -0.25) is 4.79 Å². The van der Waals surface area contributed by atoms with Crippen molar-refractivity contribution < 1.29 is 14.7 Å². The number of aliphatic carboxylic acids is 1. The third-order valence-corrected chi connectivity index (χ3v) is 3.87. The first-order valence-electron chi connectivity index (χ1n) is 7.15. The smallest absolute Gasteiger partial charge is 0.326 e. The third-order valence-electron chi connectivity index (χ3n) is 3.87. The van der Waals surface area contributed by atoms with Gasteiger partial charge >= 0.3 is 5.97 Å². The molecule has 1 saturated carbocycles. The van der Waals surface area contributed by atoms with Gasteiger partial charge in [0, 0.05) is 12.3 Å². The van der Waals surface area contributed by atoms with Crippen molar-refractivity contribution in [3.05, 3.63) is 48.0 Å². The highest BCUT2D eigenvalue weighted by molar-refractivity contribution is 5.89. The van der Waals surface area contributed by atoms with Gasteiger partial charge in [-0.15, -0.1) is 0 Å². The Hall–Kier alpha value is -2.36. The van der Waals surface area contributed by atoms with E-state index in [1.807, 2.05) is 42.5 Å². The Morgan fingerprint density at radius 2 is 1.86 bits per heavy atom. The molecule has 2 aromatic carbocycles. The predicted molar refractivity (Wildman–Crippen MR) is 79.9 cm³/mol. The molecule has 1 atom stereocenters. The highest BCUT2D eigenvalue weighted by Gasteiger charge is 2.32. The van der Waals surface area contributed by atoms with Gasteiger partial charge in [0.1, 0.15) is 6.04 Å². The minimum absolute atomic E-state index is 0.0133. The number of carbonyl (C=O) groups is 2. The van der Waals surface area contributed by atoms with Crippen LogP contribution >= 0.6 is 0 Å². The van der Waals surface area contributed by atoms with E-state index >= 15 is 0 Å². The van der Waals surface area contributed by atoms with Crippen LogP contribution in [0, 0.1) is 5.92 Å². The molecule has 4 heteroatoms. The van der Waals surface area contributed by atoms with Crippen LogP contribution in [0.2, 0.25) is 0 Å². The second-order valence-corrected chi connectivity index (χ2v) is 5.52. The molecule has 108 valence electrons. The van der Waals surface area contributed by atoms with Crippen LogP contribution in [0.15, 0.2) is 42.5 Å². The summed E-state index contributed by atoms with van der Waals surface area (Å²) in [4.78, 5) is 23.2. The van der Waals surface area contributed by atoms with Gasteiger partial charge < -0.3 is 10.4 Å². The maximum atomic E-state index is 11.8. The molecular formula is C17H17NO3. The Kier molecular flexibility index (Phi) is 3.60. The average molecular weight is 283 g/mol. The molecule has 1 unspecified atom stereocenters. The SMILES string of the molecule is O=C(NC(Cc1cccc2ccccc12)C(=O)O)C1CC1. The van der Waals surface area contributed by atoms with Crippen molar-refractivity contribution in [1.82, 2.24) is 5.32 Å². The highest BCUT2D eigenvalue weighted by Crippen LogP contribution is 2.29. The Balaban J connectivity index is 1.83. The van der Waals surface area contributed by atoms with Crippen molar-refractivity contribution in [1.29, 1.82) is 0 Å². The summed E-state index contributed by atoms with van der Waals surface area (Å²) in [6.07, 6.45) is 2.04. The van der Waals surface area contributed by atoms with Crippen LogP contribution in [0.25, 0.3) is 10.8 Å². The number of benzene rings is 2. The number of nitrogens with one attached hydrogen (secondary N) is 1. The van der Waals surface area contributed by atoms with E-state index < -0.39 is 12.0 Å². The van der Waals surface area contributed by atoms with Gasteiger partial charge in [-0.05, 0) is 29.2 Å². The summed E-state index contributed by atoms with van der Waals surface area (Å²) in [5, 5.41) is 14.1. The van der Waals surface area contributed by atoms with Gasteiger partial charge in [-0.25, -0.2) is 4.79 Å². The number of rotatable bonds is 5. The Morgan fingerprint density at radius 1 is 1.14 bits per heavy atom. The van der Waals surface area contributed by atoms with Crippen molar-refractivity contribution in [3.63, 3.8) is 0 Å². The fraction of sp³-hybridized carbons (Fsp3) is 0.294. The molecule has 4 nitrogen and oxygen atoms in total. The topological polar surface area (TPSA) is 66.4 Å². The van der Waals surface area contributed by atoms with E-state index in [1.54, 1.807) is 0 Å². The maximum absolute atomic E-state index is 11.8. The maximum Gasteiger partial charge on any atom is 0.326 e. The van der Waals surface area contributed by atoms with Crippen molar-refractivity contribution in [2.45, 2.75) is 25.3 Å². The van der Waals surface area contributed by atoms with E-state index in [0.29, 0.717) is 6.42 Å². The summed E-state index contributed by atoms with van der Waals surface area (Å²) in [5.41, 5.74) is 0.941. The molecule has 1 fully saturated rings. The van der Waals surface area contributed by atoms with Gasteiger partial charge in [0.25, 0.3) is 0 Å². The van der Waals surface area contributed by atoms with Gasteiger partial charge in [0.2, 0.25) is 5.91 Å². The van der Waals surface area contributed by atoms with Gasteiger partial charge in [0.15, 0.2) is 0 Å². The highest BCUT2D eigenvalue weighted by atomic mass is 16.4. The summed E-state index contributed by atoms with van der Waals surface area (Å²) in [7, 11) is 0. The van der Waals surface area contributed by atoms with Gasteiger partial charge in [-0.1, -0.05) is 42.5 Å². The molecule has 0 aliphatic heterocycles. The molecular weight excluding hydrogens is 266 g/mol. The van der Waals surface area contributed by atoms with E-state index in [4.69, 9.17) is 0 Å². The van der Waals surface area contributed by atoms with Crippen molar-refractivity contribution in [2.24, 2.45) is 5.92 Å². The van der Waals surface area contributed by atoms with Gasteiger partial charge in [-0.2, -0.15) is 0 Å². The number of carboxylic acid groups (broad SMARTS) is 1. The molecule has 21 heavy (non-hydrogen) atoms. The molecule has 2 N–H and O–H groups in total. The standard InChI is InChI=1S/C17H17NO3/c19-16(12-8-9-12)18-15(17(20)21)10-13-6-3-5-11-4-1-2-7-14(11)13/h1-7,12,15H,8-10H2,(H,18,19)(H,20,21). The lowest BCUT2D eigenvalue weighted by Gasteiger charge is -2.15. The fourth-order valence-electron chi connectivity index (χ4n) is 2.53. The van der Waals surface area contributed by atoms with Crippen LogP contribution in [0.4, 0.5) is 0 Å². The summed E-state index contributed by atoms with van der Waals surface area (Å²) >= 11 is 0. The van der Waals surface area contributed by atoms with E-state index in [9.17, 15) is 14.7 Å². The first-order chi connectivity index (χ1) is 10.1. The van der Waals surface area contributed by atoms with E-state index in [0.717, 1.165) is 29.2 Å². The first kappa shape index (κ1) is 13.6.